The molecule has 0 saturated carbocycles. The van der Waals surface area contributed by atoms with Crippen molar-refractivity contribution in [2.24, 2.45) is 0 Å². The lowest BCUT2D eigenvalue weighted by molar-refractivity contribution is 0.596. The maximum absolute atomic E-state index is 13.5. The van der Waals surface area contributed by atoms with E-state index in [0.29, 0.717) is 10.6 Å². The Kier molecular flexibility index (Phi) is 3.29. The monoisotopic (exact) mass is 251 g/mol. The van der Waals surface area contributed by atoms with Crippen LogP contribution in [0.2, 0.25) is 5.02 Å². The molecule has 88 valence electrons. The zero-order valence-electron chi connectivity index (χ0n) is 9.28. The summed E-state index contributed by atoms with van der Waals surface area (Å²) in [6.45, 7) is 2.03. The molecule has 0 amide bonds. The fourth-order valence-electron chi connectivity index (χ4n) is 1.59. The summed E-state index contributed by atoms with van der Waals surface area (Å²) in [4.78, 5) is 11.6. The maximum Gasteiger partial charge on any atom is 0.251 e. The molecule has 0 aliphatic heterocycles. The Morgan fingerprint density at radius 3 is 2.76 bits per heavy atom. The number of rotatable bonds is 2. The second kappa shape index (κ2) is 4.72. The maximum atomic E-state index is 13.5. The van der Waals surface area contributed by atoms with Crippen molar-refractivity contribution in [3.05, 3.63) is 68.8 Å². The number of aryl methyl sites for hydroxylation is 1. The van der Waals surface area contributed by atoms with E-state index in [1.807, 2.05) is 13.0 Å². The zero-order valence-corrected chi connectivity index (χ0v) is 10.0. The molecule has 4 heteroatoms. The van der Waals surface area contributed by atoms with E-state index < -0.39 is 0 Å². The Hall–Kier alpha value is -1.61. The van der Waals surface area contributed by atoms with E-state index in [9.17, 15) is 9.18 Å². The number of halogens is 2. The normalized spacial score (nSPS) is 10.5. The quantitative estimate of drug-likeness (QED) is 0.804. The van der Waals surface area contributed by atoms with Crippen molar-refractivity contribution in [1.82, 2.24) is 4.57 Å². The fourth-order valence-corrected chi connectivity index (χ4v) is 1.78. The molecule has 0 fully saturated rings. The Labute approximate surface area is 103 Å². The molecule has 17 heavy (non-hydrogen) atoms. The van der Waals surface area contributed by atoms with Crippen LogP contribution in [0.3, 0.4) is 0 Å². The Morgan fingerprint density at radius 2 is 2.06 bits per heavy atom. The van der Waals surface area contributed by atoms with Crippen molar-refractivity contribution in [3.8, 4) is 0 Å². The van der Waals surface area contributed by atoms with E-state index in [1.165, 1.54) is 28.8 Å². The van der Waals surface area contributed by atoms with Crippen LogP contribution < -0.4 is 5.56 Å². The van der Waals surface area contributed by atoms with Crippen molar-refractivity contribution >= 4 is 11.6 Å². The van der Waals surface area contributed by atoms with Gasteiger partial charge in [-0.1, -0.05) is 11.6 Å². The minimum atomic E-state index is -0.359. The zero-order chi connectivity index (χ0) is 12.4. The van der Waals surface area contributed by atoms with E-state index in [-0.39, 0.29) is 17.9 Å². The van der Waals surface area contributed by atoms with Crippen molar-refractivity contribution in [2.45, 2.75) is 13.5 Å². The molecule has 1 heterocycles. The van der Waals surface area contributed by atoms with Gasteiger partial charge in [-0.3, -0.25) is 4.79 Å². The summed E-state index contributed by atoms with van der Waals surface area (Å²) in [6, 6.07) is 7.64. The fraction of sp³-hybridized carbons (Fsp3) is 0.154. The number of pyridine rings is 1. The van der Waals surface area contributed by atoms with Gasteiger partial charge in [0.05, 0.1) is 6.54 Å². The largest absolute Gasteiger partial charge is 0.311 e. The highest BCUT2D eigenvalue weighted by Gasteiger charge is 2.05. The second-order valence-corrected chi connectivity index (χ2v) is 4.34. The SMILES string of the molecule is Cc1ccn(Cc2cc(Cl)ccc2F)c(=O)c1. The minimum Gasteiger partial charge on any atom is -0.311 e. The number of nitrogens with zero attached hydrogens (tertiary/aromatic N) is 1. The Morgan fingerprint density at radius 1 is 1.29 bits per heavy atom. The van der Waals surface area contributed by atoms with Gasteiger partial charge in [0.1, 0.15) is 5.82 Å². The van der Waals surface area contributed by atoms with Gasteiger partial charge >= 0.3 is 0 Å². The third-order valence-electron chi connectivity index (χ3n) is 2.50. The van der Waals surface area contributed by atoms with E-state index >= 15 is 0 Å². The summed E-state index contributed by atoms with van der Waals surface area (Å²) in [6.07, 6.45) is 1.65. The van der Waals surface area contributed by atoms with Crippen LogP contribution >= 0.6 is 11.6 Å². The van der Waals surface area contributed by atoms with Crippen LogP contribution in [-0.2, 0) is 6.54 Å². The summed E-state index contributed by atoms with van der Waals surface area (Å²) < 4.78 is 14.9. The molecule has 0 N–H and O–H groups in total. The molecule has 2 rings (SSSR count). The first-order valence-corrected chi connectivity index (χ1v) is 5.55. The van der Waals surface area contributed by atoms with Crippen molar-refractivity contribution in [3.63, 3.8) is 0 Å². The average molecular weight is 252 g/mol. The van der Waals surface area contributed by atoms with Crippen LogP contribution in [0.15, 0.2) is 41.3 Å². The lowest BCUT2D eigenvalue weighted by Gasteiger charge is -2.07. The second-order valence-electron chi connectivity index (χ2n) is 3.91. The van der Waals surface area contributed by atoms with Crippen LogP contribution in [0, 0.1) is 12.7 Å². The van der Waals surface area contributed by atoms with Gasteiger partial charge in [-0.25, -0.2) is 4.39 Å². The molecule has 1 aromatic carbocycles. The first-order chi connectivity index (χ1) is 8.06. The highest BCUT2D eigenvalue weighted by Crippen LogP contribution is 2.15. The van der Waals surface area contributed by atoms with E-state index in [4.69, 9.17) is 11.6 Å². The highest BCUT2D eigenvalue weighted by molar-refractivity contribution is 6.30. The molecule has 0 atom stereocenters. The van der Waals surface area contributed by atoms with Crippen LogP contribution in [0.25, 0.3) is 0 Å². The molecule has 0 bridgehead atoms. The number of hydrogen-bond acceptors (Lipinski definition) is 1. The molecule has 0 saturated heterocycles. The van der Waals surface area contributed by atoms with Crippen molar-refractivity contribution < 1.29 is 4.39 Å². The van der Waals surface area contributed by atoms with Gasteiger partial charge in [-0.05, 0) is 36.8 Å². The third kappa shape index (κ3) is 2.74. The minimum absolute atomic E-state index is 0.149. The Balaban J connectivity index is 2.38. The summed E-state index contributed by atoms with van der Waals surface area (Å²) in [7, 11) is 0. The van der Waals surface area contributed by atoms with Crippen LogP contribution in [0.5, 0.6) is 0 Å². The number of benzene rings is 1. The van der Waals surface area contributed by atoms with E-state index in [2.05, 4.69) is 0 Å². The summed E-state index contributed by atoms with van der Waals surface area (Å²) >= 11 is 5.79. The van der Waals surface area contributed by atoms with Crippen LogP contribution in [-0.4, -0.2) is 4.57 Å². The molecular formula is C13H11ClFNO. The highest BCUT2D eigenvalue weighted by atomic mass is 35.5. The van der Waals surface area contributed by atoms with Crippen LogP contribution in [0.1, 0.15) is 11.1 Å². The number of aromatic nitrogens is 1. The molecule has 0 aliphatic rings. The van der Waals surface area contributed by atoms with Crippen molar-refractivity contribution in [1.29, 1.82) is 0 Å². The first kappa shape index (κ1) is 11.9. The van der Waals surface area contributed by atoms with Gasteiger partial charge in [0.2, 0.25) is 0 Å². The molecule has 0 aliphatic carbocycles. The van der Waals surface area contributed by atoms with E-state index in [0.717, 1.165) is 5.56 Å². The Bertz CT molecular complexity index is 607. The van der Waals surface area contributed by atoms with Gasteiger partial charge in [0.25, 0.3) is 5.56 Å². The average Bonchev–Trinajstić information content (AvgIpc) is 2.27. The molecule has 1 aromatic heterocycles. The third-order valence-corrected chi connectivity index (χ3v) is 2.74. The molecular weight excluding hydrogens is 241 g/mol. The van der Waals surface area contributed by atoms with Gasteiger partial charge < -0.3 is 4.57 Å². The van der Waals surface area contributed by atoms with E-state index in [1.54, 1.807) is 6.20 Å². The lowest BCUT2D eigenvalue weighted by atomic mass is 10.2. The molecule has 0 unspecified atom stereocenters. The predicted octanol–water partition coefficient (Wildman–Crippen LogP) is 3.00. The van der Waals surface area contributed by atoms with Gasteiger partial charge in [0.15, 0.2) is 0 Å². The molecule has 2 aromatic rings. The standard InChI is InChI=1S/C13H11ClFNO/c1-9-4-5-16(13(17)6-9)8-10-7-11(14)2-3-12(10)15/h2-7H,8H2,1H3. The molecule has 0 radical (unpaired) electrons. The molecule has 0 spiro atoms. The van der Waals surface area contributed by atoms with Gasteiger partial charge in [-0.15, -0.1) is 0 Å². The first-order valence-electron chi connectivity index (χ1n) is 5.17. The van der Waals surface area contributed by atoms with Gasteiger partial charge in [0, 0.05) is 22.8 Å². The predicted molar refractivity (Wildman–Crippen MR) is 66.0 cm³/mol. The topological polar surface area (TPSA) is 22.0 Å². The summed E-state index contributed by atoms with van der Waals surface area (Å²) in [5, 5.41) is 0.460. The number of hydrogen-bond donors (Lipinski definition) is 0. The van der Waals surface area contributed by atoms with Crippen LogP contribution in [0.4, 0.5) is 4.39 Å². The van der Waals surface area contributed by atoms with Crippen molar-refractivity contribution in [2.75, 3.05) is 0 Å². The summed E-state index contributed by atoms with van der Waals surface area (Å²) in [5.74, 6) is -0.359. The molecule has 2 nitrogen and oxygen atoms in total. The lowest BCUT2D eigenvalue weighted by Crippen LogP contribution is -2.19. The summed E-state index contributed by atoms with van der Waals surface area (Å²) in [5.41, 5.74) is 1.14. The smallest absolute Gasteiger partial charge is 0.251 e. The van der Waals surface area contributed by atoms with Gasteiger partial charge in [-0.2, -0.15) is 0 Å².